The zero-order chi connectivity index (χ0) is 16.4. The highest BCUT2D eigenvalue weighted by Crippen LogP contribution is 2.08. The number of aromatic amines is 5. The van der Waals surface area contributed by atoms with Gasteiger partial charge in [-0.15, -0.1) is 0 Å². The van der Waals surface area contributed by atoms with Crippen molar-refractivity contribution in [1.82, 2.24) is 40.3 Å². The third-order valence-corrected chi connectivity index (χ3v) is 3.62. The van der Waals surface area contributed by atoms with Crippen molar-refractivity contribution >= 4 is 46.0 Å². The molecule has 0 radical (unpaired) electrons. The Morgan fingerprint density at radius 3 is 2.48 bits per heavy atom. The fraction of sp³-hybridized carbons (Fsp3) is 0.0909. The van der Waals surface area contributed by atoms with Gasteiger partial charge in [-0.2, -0.15) is 10.2 Å². The van der Waals surface area contributed by atoms with Crippen LogP contribution >= 0.6 is 24.0 Å². The Hall–Kier alpha value is -2.73. The van der Waals surface area contributed by atoms with Crippen LogP contribution in [-0.4, -0.2) is 46.6 Å². The van der Waals surface area contributed by atoms with Gasteiger partial charge < -0.3 is 9.97 Å². The molecule has 0 bridgehead atoms. The van der Waals surface area contributed by atoms with E-state index in [1.807, 2.05) is 6.26 Å². The minimum absolute atomic E-state index is 0.155. The number of nitrogens with one attached hydrogen (secondary N) is 5. The zero-order valence-electron chi connectivity index (χ0n) is 11.6. The standard InChI is InChI=1S/C6H6N4OS.C5H4N4OS/c1-12-6-8-4-3(2-7-10-4)5(11)9-6;10-4-2-1-6-9-3(2)7-5(11)8-4/h2H,1H3,(H2,7,8,9,10,11);1H,(H3,6,7,8,9,10,11). The van der Waals surface area contributed by atoms with Crippen molar-refractivity contribution in [2.75, 3.05) is 6.26 Å². The number of hydrogen-bond donors (Lipinski definition) is 5. The number of aromatic nitrogens is 8. The lowest BCUT2D eigenvalue weighted by Gasteiger charge is -1.92. The molecule has 0 aliphatic carbocycles. The maximum atomic E-state index is 11.3. The molecule has 0 aromatic carbocycles. The van der Waals surface area contributed by atoms with Gasteiger partial charge >= 0.3 is 0 Å². The molecular weight excluding hydrogens is 340 g/mol. The molecule has 0 atom stereocenters. The van der Waals surface area contributed by atoms with Crippen molar-refractivity contribution in [3.63, 3.8) is 0 Å². The van der Waals surface area contributed by atoms with E-state index in [2.05, 4.69) is 40.3 Å². The number of nitrogens with zero attached hydrogens (tertiary/aromatic N) is 3. The summed E-state index contributed by atoms with van der Waals surface area (Å²) < 4.78 is 0.298. The van der Waals surface area contributed by atoms with Gasteiger partial charge in [0, 0.05) is 0 Å². The lowest BCUT2D eigenvalue weighted by molar-refractivity contribution is 0.961. The molecule has 0 saturated heterocycles. The highest BCUT2D eigenvalue weighted by Gasteiger charge is 2.03. The average molecular weight is 350 g/mol. The van der Waals surface area contributed by atoms with Crippen molar-refractivity contribution in [2.45, 2.75) is 5.16 Å². The molecule has 0 spiro atoms. The first-order valence-corrected chi connectivity index (χ1v) is 7.85. The van der Waals surface area contributed by atoms with Crippen LogP contribution in [0, 0.1) is 4.77 Å². The van der Waals surface area contributed by atoms with Crippen LogP contribution in [0.2, 0.25) is 0 Å². The first-order chi connectivity index (χ1) is 11.1. The van der Waals surface area contributed by atoms with E-state index >= 15 is 0 Å². The van der Waals surface area contributed by atoms with Gasteiger partial charge in [0.25, 0.3) is 11.1 Å². The van der Waals surface area contributed by atoms with Crippen LogP contribution in [0.5, 0.6) is 0 Å². The number of hydrogen-bond acceptors (Lipinski definition) is 7. The van der Waals surface area contributed by atoms with E-state index < -0.39 is 0 Å². The minimum atomic E-state index is -0.225. The maximum Gasteiger partial charge on any atom is 0.262 e. The second-order valence-electron chi connectivity index (χ2n) is 4.27. The van der Waals surface area contributed by atoms with E-state index in [1.54, 1.807) is 0 Å². The highest BCUT2D eigenvalue weighted by molar-refractivity contribution is 7.98. The number of thioether (sulfide) groups is 1. The van der Waals surface area contributed by atoms with Crippen molar-refractivity contribution in [1.29, 1.82) is 0 Å². The molecule has 4 heterocycles. The van der Waals surface area contributed by atoms with Gasteiger partial charge in [0.05, 0.1) is 12.4 Å². The van der Waals surface area contributed by atoms with Gasteiger partial charge in [-0.1, -0.05) is 11.8 Å². The SMILES string of the molecule is CSc1nc2[nH]ncc2c(=O)[nH]1.O=c1[nH]c(=S)[nH]c2[nH]ncc12. The molecular formula is C11H10N8O2S2. The Kier molecular flexibility index (Phi) is 4.08. The van der Waals surface area contributed by atoms with E-state index in [4.69, 9.17) is 12.2 Å². The molecule has 0 unspecified atom stereocenters. The summed E-state index contributed by atoms with van der Waals surface area (Å²) in [5, 5.41) is 14.2. The topological polar surface area (TPSA) is 152 Å². The maximum absolute atomic E-state index is 11.3. The van der Waals surface area contributed by atoms with E-state index in [1.165, 1.54) is 24.2 Å². The van der Waals surface area contributed by atoms with Crippen LogP contribution < -0.4 is 11.1 Å². The Balaban J connectivity index is 0.000000136. The first kappa shape index (κ1) is 15.2. The molecule has 4 rings (SSSR count). The molecule has 10 nitrogen and oxygen atoms in total. The molecule has 4 aromatic rings. The number of rotatable bonds is 1. The average Bonchev–Trinajstić information content (AvgIpc) is 3.16. The molecule has 0 aliphatic rings. The van der Waals surface area contributed by atoms with Crippen LogP contribution in [0.1, 0.15) is 0 Å². The highest BCUT2D eigenvalue weighted by atomic mass is 32.2. The van der Waals surface area contributed by atoms with E-state index in [9.17, 15) is 9.59 Å². The fourth-order valence-electron chi connectivity index (χ4n) is 1.79. The Bertz CT molecular complexity index is 1130. The second-order valence-corrected chi connectivity index (χ2v) is 5.48. The van der Waals surface area contributed by atoms with Crippen LogP contribution in [-0.2, 0) is 0 Å². The summed E-state index contributed by atoms with van der Waals surface area (Å²) >= 11 is 6.12. The Morgan fingerprint density at radius 2 is 1.70 bits per heavy atom. The van der Waals surface area contributed by atoms with Gasteiger partial charge in [-0.05, 0) is 18.5 Å². The first-order valence-electron chi connectivity index (χ1n) is 6.21. The van der Waals surface area contributed by atoms with Gasteiger partial charge in [0.1, 0.15) is 16.4 Å². The summed E-state index contributed by atoms with van der Waals surface area (Å²) in [5.41, 5.74) is 0.706. The number of H-pyrrole nitrogens is 5. The molecule has 0 aliphatic heterocycles. The molecule has 5 N–H and O–H groups in total. The van der Waals surface area contributed by atoms with Crippen LogP contribution in [0.4, 0.5) is 0 Å². The minimum Gasteiger partial charge on any atom is -0.317 e. The van der Waals surface area contributed by atoms with Crippen molar-refractivity contribution in [3.8, 4) is 0 Å². The summed E-state index contributed by atoms with van der Waals surface area (Å²) in [5.74, 6) is 0. The van der Waals surface area contributed by atoms with Gasteiger partial charge in [-0.3, -0.25) is 24.8 Å². The van der Waals surface area contributed by atoms with Crippen LogP contribution in [0.3, 0.4) is 0 Å². The quantitative estimate of drug-likeness (QED) is 0.192. The molecule has 12 heteroatoms. The summed E-state index contributed by atoms with van der Waals surface area (Å²) in [6.45, 7) is 0. The molecule has 23 heavy (non-hydrogen) atoms. The summed E-state index contributed by atoms with van der Waals surface area (Å²) in [7, 11) is 0. The molecule has 118 valence electrons. The monoisotopic (exact) mass is 350 g/mol. The third-order valence-electron chi connectivity index (χ3n) is 2.84. The molecule has 4 aromatic heterocycles. The van der Waals surface area contributed by atoms with Gasteiger partial charge in [0.15, 0.2) is 15.6 Å². The predicted molar refractivity (Wildman–Crippen MR) is 88.2 cm³/mol. The van der Waals surface area contributed by atoms with E-state index in [0.29, 0.717) is 32.0 Å². The van der Waals surface area contributed by atoms with Gasteiger partial charge in [-0.25, -0.2) is 4.98 Å². The molecule has 0 amide bonds. The Labute approximate surface area is 136 Å². The van der Waals surface area contributed by atoms with Crippen molar-refractivity contribution in [2.24, 2.45) is 0 Å². The van der Waals surface area contributed by atoms with E-state index in [-0.39, 0.29) is 11.1 Å². The van der Waals surface area contributed by atoms with E-state index in [0.717, 1.165) is 0 Å². The Morgan fingerprint density at radius 1 is 1.00 bits per heavy atom. The summed E-state index contributed by atoms with van der Waals surface area (Å²) in [4.78, 5) is 34.2. The lowest BCUT2D eigenvalue weighted by atomic mass is 10.4. The largest absolute Gasteiger partial charge is 0.317 e. The van der Waals surface area contributed by atoms with Gasteiger partial charge in [0.2, 0.25) is 0 Å². The van der Waals surface area contributed by atoms with Crippen LogP contribution in [0.15, 0.2) is 27.1 Å². The zero-order valence-corrected chi connectivity index (χ0v) is 13.3. The smallest absolute Gasteiger partial charge is 0.262 e. The number of fused-ring (bicyclic) bond motifs is 2. The fourth-order valence-corrected chi connectivity index (χ4v) is 2.36. The normalized spacial score (nSPS) is 10.7. The van der Waals surface area contributed by atoms with Crippen molar-refractivity contribution in [3.05, 3.63) is 37.9 Å². The lowest BCUT2D eigenvalue weighted by Crippen LogP contribution is -2.07. The predicted octanol–water partition coefficient (Wildman–Crippen LogP) is 0.677. The summed E-state index contributed by atoms with van der Waals surface area (Å²) in [6.07, 6.45) is 4.76. The third kappa shape index (κ3) is 3.07. The molecule has 0 saturated carbocycles. The van der Waals surface area contributed by atoms with Crippen molar-refractivity contribution < 1.29 is 0 Å². The molecule has 0 fully saturated rings. The summed E-state index contributed by atoms with van der Waals surface area (Å²) in [6, 6.07) is 0. The van der Waals surface area contributed by atoms with Crippen LogP contribution in [0.25, 0.3) is 22.1 Å². The second kappa shape index (κ2) is 6.18.